The fourth-order valence-corrected chi connectivity index (χ4v) is 4.59. The van der Waals surface area contributed by atoms with Crippen molar-refractivity contribution < 1.29 is 22.7 Å². The highest BCUT2D eigenvalue weighted by Gasteiger charge is 2.33. The summed E-state index contributed by atoms with van der Waals surface area (Å²) in [6.45, 7) is 5.00. The molecule has 0 aliphatic heterocycles. The van der Waals surface area contributed by atoms with Gasteiger partial charge >= 0.3 is 0 Å². The Labute approximate surface area is 206 Å². The Hall–Kier alpha value is -2.78. The molecule has 8 nitrogen and oxygen atoms in total. The first-order valence-electron chi connectivity index (χ1n) is 10.9. The first-order chi connectivity index (χ1) is 16.0. The summed E-state index contributed by atoms with van der Waals surface area (Å²) in [5.74, 6) is -0.550. The number of para-hydroxylation sites is 2. The van der Waals surface area contributed by atoms with E-state index in [2.05, 4.69) is 5.32 Å². The van der Waals surface area contributed by atoms with Gasteiger partial charge in [-0.05, 0) is 44.0 Å². The van der Waals surface area contributed by atoms with Crippen LogP contribution in [0.15, 0.2) is 48.5 Å². The van der Waals surface area contributed by atoms with Gasteiger partial charge < -0.3 is 15.0 Å². The van der Waals surface area contributed by atoms with Crippen LogP contribution < -0.4 is 14.4 Å². The van der Waals surface area contributed by atoms with Gasteiger partial charge in [-0.3, -0.25) is 13.9 Å². The number of nitrogens with one attached hydrogen (secondary N) is 1. The fraction of sp³-hybridized carbons (Fsp3) is 0.417. The summed E-state index contributed by atoms with van der Waals surface area (Å²) in [4.78, 5) is 28.0. The lowest BCUT2D eigenvalue weighted by Crippen LogP contribution is -2.53. The van der Waals surface area contributed by atoms with Crippen LogP contribution in [0.2, 0.25) is 5.02 Å². The van der Waals surface area contributed by atoms with Crippen LogP contribution in [-0.2, 0) is 26.2 Å². The second kappa shape index (κ2) is 12.1. The molecule has 0 aliphatic rings. The number of rotatable bonds is 11. The van der Waals surface area contributed by atoms with E-state index in [0.717, 1.165) is 10.6 Å². The van der Waals surface area contributed by atoms with Gasteiger partial charge in [-0.15, -0.1) is 0 Å². The molecule has 0 aromatic heterocycles. The van der Waals surface area contributed by atoms with Crippen LogP contribution in [0.25, 0.3) is 0 Å². The maximum absolute atomic E-state index is 13.6. The number of methoxy groups -OCH3 is 1. The molecular weight excluding hydrogens is 478 g/mol. The molecule has 2 aromatic carbocycles. The number of carbonyl (C=O) groups is 2. The van der Waals surface area contributed by atoms with Crippen LogP contribution >= 0.6 is 11.6 Å². The van der Waals surface area contributed by atoms with Gasteiger partial charge in [-0.25, -0.2) is 8.42 Å². The van der Waals surface area contributed by atoms with Crippen molar-refractivity contribution in [3.63, 3.8) is 0 Å². The molecule has 2 rings (SSSR count). The molecular formula is C24H32ClN3O5S. The summed E-state index contributed by atoms with van der Waals surface area (Å²) < 4.78 is 31.7. The molecule has 0 heterocycles. The predicted octanol–water partition coefficient (Wildman–Crippen LogP) is 3.45. The van der Waals surface area contributed by atoms with Crippen LogP contribution in [0.4, 0.5) is 5.69 Å². The smallest absolute Gasteiger partial charge is 0.244 e. The first-order valence-corrected chi connectivity index (χ1v) is 13.2. The highest BCUT2D eigenvalue weighted by Crippen LogP contribution is 2.30. The molecule has 2 aromatic rings. The second-order valence-corrected chi connectivity index (χ2v) is 10.5. The second-order valence-electron chi connectivity index (χ2n) is 8.14. The van der Waals surface area contributed by atoms with E-state index in [4.69, 9.17) is 16.3 Å². The van der Waals surface area contributed by atoms with Gasteiger partial charge in [0.2, 0.25) is 21.8 Å². The van der Waals surface area contributed by atoms with E-state index in [1.165, 1.54) is 12.0 Å². The molecule has 0 unspecified atom stereocenters. The Balaban J connectivity index is 2.49. The molecule has 186 valence electrons. The minimum atomic E-state index is -3.85. The monoisotopic (exact) mass is 509 g/mol. The number of nitrogens with zero attached hydrogens (tertiary/aromatic N) is 2. The third kappa shape index (κ3) is 7.11. The minimum absolute atomic E-state index is 0.0477. The summed E-state index contributed by atoms with van der Waals surface area (Å²) in [7, 11) is -2.43. The minimum Gasteiger partial charge on any atom is -0.495 e. The van der Waals surface area contributed by atoms with Gasteiger partial charge in [0.15, 0.2) is 0 Å². The van der Waals surface area contributed by atoms with Crippen LogP contribution in [0.5, 0.6) is 5.75 Å². The number of halogens is 1. The molecule has 0 aliphatic carbocycles. The number of hydrogen-bond donors (Lipinski definition) is 1. The highest BCUT2D eigenvalue weighted by atomic mass is 35.5. The Morgan fingerprint density at radius 1 is 1.09 bits per heavy atom. The SMILES string of the molecule is CC[C@@H](C(=O)NC(C)C)N(Cc1ccccc1Cl)C(=O)CN(c1ccccc1OC)S(C)(=O)=O. The van der Waals surface area contributed by atoms with Crippen molar-refractivity contribution in [2.45, 2.75) is 45.8 Å². The maximum atomic E-state index is 13.6. The van der Waals surface area contributed by atoms with E-state index in [1.54, 1.807) is 55.5 Å². The average Bonchev–Trinajstić information content (AvgIpc) is 2.77. The largest absolute Gasteiger partial charge is 0.495 e. The number of anilines is 1. The Kier molecular flexibility index (Phi) is 9.76. The van der Waals surface area contributed by atoms with Crippen molar-refractivity contribution in [3.05, 3.63) is 59.1 Å². The molecule has 0 bridgehead atoms. The Morgan fingerprint density at radius 2 is 1.71 bits per heavy atom. The molecule has 0 saturated heterocycles. The van der Waals surface area contributed by atoms with E-state index in [-0.39, 0.29) is 24.2 Å². The Morgan fingerprint density at radius 3 is 2.26 bits per heavy atom. The molecule has 1 atom stereocenters. The summed E-state index contributed by atoms with van der Waals surface area (Å²) >= 11 is 6.34. The van der Waals surface area contributed by atoms with Crippen molar-refractivity contribution >= 4 is 39.1 Å². The standard InChI is InChI=1S/C24H32ClN3O5S/c1-6-20(24(30)26-17(2)3)27(15-18-11-7-8-12-19(18)25)23(29)16-28(34(5,31)32)21-13-9-10-14-22(21)33-4/h7-14,17,20H,6,15-16H2,1-5H3,(H,26,30)/t20-/m0/s1. The van der Waals surface area contributed by atoms with Crippen LogP contribution in [-0.4, -0.2) is 57.1 Å². The maximum Gasteiger partial charge on any atom is 0.244 e. The molecule has 34 heavy (non-hydrogen) atoms. The van der Waals surface area contributed by atoms with E-state index >= 15 is 0 Å². The molecule has 1 N–H and O–H groups in total. The lowest BCUT2D eigenvalue weighted by Gasteiger charge is -2.33. The quantitative estimate of drug-likeness (QED) is 0.500. The average molecular weight is 510 g/mol. The zero-order valence-electron chi connectivity index (χ0n) is 20.1. The van der Waals surface area contributed by atoms with Crippen molar-refractivity contribution in [2.75, 3.05) is 24.2 Å². The van der Waals surface area contributed by atoms with Crippen molar-refractivity contribution in [3.8, 4) is 5.75 Å². The number of ether oxygens (including phenoxy) is 1. The molecule has 10 heteroatoms. The van der Waals surface area contributed by atoms with Gasteiger partial charge in [0.1, 0.15) is 18.3 Å². The number of amides is 2. The van der Waals surface area contributed by atoms with Gasteiger partial charge in [0.25, 0.3) is 0 Å². The lowest BCUT2D eigenvalue weighted by atomic mass is 10.1. The third-order valence-corrected chi connectivity index (χ3v) is 6.64. The van der Waals surface area contributed by atoms with E-state index in [0.29, 0.717) is 22.8 Å². The van der Waals surface area contributed by atoms with Gasteiger partial charge in [-0.2, -0.15) is 0 Å². The summed E-state index contributed by atoms with van der Waals surface area (Å²) in [6, 6.07) is 12.6. The van der Waals surface area contributed by atoms with Gasteiger partial charge in [0.05, 0.1) is 19.1 Å². The zero-order chi connectivity index (χ0) is 25.5. The highest BCUT2D eigenvalue weighted by molar-refractivity contribution is 7.92. The molecule has 0 fully saturated rings. The predicted molar refractivity (Wildman–Crippen MR) is 135 cm³/mol. The van der Waals surface area contributed by atoms with Crippen LogP contribution in [0.3, 0.4) is 0 Å². The summed E-state index contributed by atoms with van der Waals surface area (Å²) in [5, 5.41) is 3.29. The van der Waals surface area contributed by atoms with Gasteiger partial charge in [-0.1, -0.05) is 48.9 Å². The number of benzene rings is 2. The molecule has 0 saturated carbocycles. The van der Waals surface area contributed by atoms with Gasteiger partial charge in [0, 0.05) is 17.6 Å². The van der Waals surface area contributed by atoms with Crippen LogP contribution in [0.1, 0.15) is 32.8 Å². The first kappa shape index (κ1) is 27.5. The van der Waals surface area contributed by atoms with E-state index in [9.17, 15) is 18.0 Å². The normalized spacial score (nSPS) is 12.2. The van der Waals surface area contributed by atoms with Crippen molar-refractivity contribution in [1.82, 2.24) is 10.2 Å². The van der Waals surface area contributed by atoms with E-state index in [1.807, 2.05) is 13.8 Å². The summed E-state index contributed by atoms with van der Waals surface area (Å²) in [5.41, 5.74) is 0.884. The topological polar surface area (TPSA) is 96.0 Å². The molecule has 0 radical (unpaired) electrons. The van der Waals surface area contributed by atoms with Crippen LogP contribution in [0, 0.1) is 0 Å². The van der Waals surface area contributed by atoms with E-state index < -0.39 is 28.5 Å². The number of carbonyl (C=O) groups excluding carboxylic acids is 2. The zero-order valence-corrected chi connectivity index (χ0v) is 21.7. The Bertz CT molecular complexity index is 1110. The van der Waals surface area contributed by atoms with Crippen molar-refractivity contribution in [1.29, 1.82) is 0 Å². The summed E-state index contributed by atoms with van der Waals surface area (Å²) in [6.07, 6.45) is 1.36. The van der Waals surface area contributed by atoms with Crippen molar-refractivity contribution in [2.24, 2.45) is 0 Å². The number of hydrogen-bond acceptors (Lipinski definition) is 5. The molecule has 0 spiro atoms. The molecule has 2 amide bonds. The third-order valence-electron chi connectivity index (χ3n) is 5.15. The number of sulfonamides is 1. The lowest BCUT2D eigenvalue weighted by molar-refractivity contribution is -0.140. The fourth-order valence-electron chi connectivity index (χ4n) is 3.54.